The monoisotopic (exact) mass is 308 g/mol. The molecule has 0 unspecified atom stereocenters. The maximum atomic E-state index is 4.84. The molecule has 0 amide bonds. The first kappa shape index (κ1) is 15.7. The number of nitrogens with zero attached hydrogens (tertiary/aromatic N) is 3. The highest BCUT2D eigenvalue weighted by molar-refractivity contribution is 5.85. The zero-order chi connectivity index (χ0) is 16.4. The molecule has 0 saturated carbocycles. The fraction of sp³-hybridized carbons (Fsp3) is 0.368. The van der Waals surface area contributed by atoms with Gasteiger partial charge in [-0.15, -0.1) is 0 Å². The molecule has 0 radical (unpaired) electrons. The van der Waals surface area contributed by atoms with Crippen LogP contribution in [0.15, 0.2) is 30.3 Å². The van der Waals surface area contributed by atoms with Gasteiger partial charge in [-0.3, -0.25) is 10.00 Å². The fourth-order valence-electron chi connectivity index (χ4n) is 2.93. The molecule has 1 aromatic carbocycles. The predicted octanol–water partition coefficient (Wildman–Crippen LogP) is 4.08. The van der Waals surface area contributed by atoms with E-state index >= 15 is 0 Å². The zero-order valence-corrected chi connectivity index (χ0v) is 14.3. The summed E-state index contributed by atoms with van der Waals surface area (Å²) in [5.74, 6) is 0. The second kappa shape index (κ2) is 6.50. The van der Waals surface area contributed by atoms with Crippen molar-refractivity contribution in [2.24, 2.45) is 0 Å². The first-order valence-electron chi connectivity index (χ1n) is 8.25. The topological polar surface area (TPSA) is 44.8 Å². The summed E-state index contributed by atoms with van der Waals surface area (Å²) >= 11 is 0. The van der Waals surface area contributed by atoms with Crippen molar-refractivity contribution >= 4 is 10.9 Å². The summed E-state index contributed by atoms with van der Waals surface area (Å²) in [5, 5.41) is 8.54. The summed E-state index contributed by atoms with van der Waals surface area (Å²) in [6, 6.07) is 10.8. The largest absolute Gasteiger partial charge is 0.300 e. The molecule has 4 heteroatoms. The van der Waals surface area contributed by atoms with E-state index in [1.54, 1.807) is 0 Å². The number of pyridine rings is 1. The van der Waals surface area contributed by atoms with E-state index in [-0.39, 0.29) is 0 Å². The van der Waals surface area contributed by atoms with Crippen LogP contribution in [0, 0.1) is 13.8 Å². The van der Waals surface area contributed by atoms with Crippen molar-refractivity contribution in [2.45, 2.75) is 34.2 Å². The van der Waals surface area contributed by atoms with Gasteiger partial charge in [-0.05, 0) is 56.3 Å². The van der Waals surface area contributed by atoms with Gasteiger partial charge >= 0.3 is 0 Å². The maximum Gasteiger partial charge on any atom is 0.111 e. The Morgan fingerprint density at radius 3 is 2.43 bits per heavy atom. The number of benzene rings is 1. The Bertz CT molecular complexity index is 815. The van der Waals surface area contributed by atoms with Crippen LogP contribution in [0.2, 0.25) is 0 Å². The van der Waals surface area contributed by atoms with Gasteiger partial charge in [0.2, 0.25) is 0 Å². The van der Waals surface area contributed by atoms with E-state index in [0.717, 1.165) is 42.2 Å². The number of nitrogens with one attached hydrogen (secondary N) is 1. The molecule has 0 fully saturated rings. The molecule has 1 N–H and O–H groups in total. The van der Waals surface area contributed by atoms with Crippen molar-refractivity contribution in [1.29, 1.82) is 0 Å². The number of aryl methyl sites for hydroxylation is 2. The van der Waals surface area contributed by atoms with Crippen molar-refractivity contribution in [1.82, 2.24) is 20.1 Å². The molecule has 120 valence electrons. The van der Waals surface area contributed by atoms with Gasteiger partial charge < -0.3 is 0 Å². The van der Waals surface area contributed by atoms with Gasteiger partial charge in [-0.2, -0.15) is 5.10 Å². The minimum absolute atomic E-state index is 0.904. The van der Waals surface area contributed by atoms with Crippen molar-refractivity contribution in [3.63, 3.8) is 0 Å². The van der Waals surface area contributed by atoms with Crippen LogP contribution in [-0.4, -0.2) is 33.2 Å². The van der Waals surface area contributed by atoms with Crippen molar-refractivity contribution in [3.05, 3.63) is 47.2 Å². The Kier molecular flexibility index (Phi) is 4.44. The lowest BCUT2D eigenvalue weighted by atomic mass is 10.0. The van der Waals surface area contributed by atoms with E-state index in [1.807, 2.05) is 13.0 Å². The van der Waals surface area contributed by atoms with E-state index < -0.39 is 0 Å². The molecule has 3 aromatic rings. The molecule has 0 aliphatic heterocycles. The number of H-pyrrole nitrogens is 1. The Morgan fingerprint density at radius 2 is 1.78 bits per heavy atom. The van der Waals surface area contributed by atoms with Crippen LogP contribution in [-0.2, 0) is 6.54 Å². The lowest BCUT2D eigenvalue weighted by Gasteiger charge is -2.18. The number of hydrogen-bond donors (Lipinski definition) is 1. The highest BCUT2D eigenvalue weighted by atomic mass is 15.1. The molecular weight excluding hydrogens is 284 g/mol. The Balaban J connectivity index is 2.03. The SMILES string of the molecule is CCN(CC)Cc1ccc2c(C)cc(-c3cc(C)[nH]n3)nc2c1. The van der Waals surface area contributed by atoms with E-state index in [2.05, 4.69) is 60.1 Å². The Hall–Kier alpha value is -2.20. The van der Waals surface area contributed by atoms with Crippen LogP contribution in [0.4, 0.5) is 0 Å². The highest BCUT2D eigenvalue weighted by Gasteiger charge is 2.09. The minimum Gasteiger partial charge on any atom is -0.300 e. The molecule has 0 atom stereocenters. The van der Waals surface area contributed by atoms with E-state index in [0.29, 0.717) is 0 Å². The third-order valence-electron chi connectivity index (χ3n) is 4.35. The van der Waals surface area contributed by atoms with E-state index in [4.69, 9.17) is 4.98 Å². The number of fused-ring (bicyclic) bond motifs is 1. The number of rotatable bonds is 5. The lowest BCUT2D eigenvalue weighted by molar-refractivity contribution is 0.296. The number of aromatic amines is 1. The normalized spacial score (nSPS) is 11.5. The summed E-state index contributed by atoms with van der Waals surface area (Å²) < 4.78 is 0. The molecular formula is C19H24N4. The number of hydrogen-bond acceptors (Lipinski definition) is 3. The quantitative estimate of drug-likeness (QED) is 0.772. The van der Waals surface area contributed by atoms with Crippen LogP contribution in [0.5, 0.6) is 0 Å². The Morgan fingerprint density at radius 1 is 1.00 bits per heavy atom. The van der Waals surface area contributed by atoms with Gasteiger partial charge in [0.1, 0.15) is 5.69 Å². The number of aromatic nitrogens is 3. The average molecular weight is 308 g/mol. The molecule has 3 rings (SSSR count). The molecule has 0 bridgehead atoms. The smallest absolute Gasteiger partial charge is 0.111 e. The maximum absolute atomic E-state index is 4.84. The van der Waals surface area contributed by atoms with Gasteiger partial charge in [0, 0.05) is 17.6 Å². The zero-order valence-electron chi connectivity index (χ0n) is 14.3. The van der Waals surface area contributed by atoms with Crippen molar-refractivity contribution < 1.29 is 0 Å². The molecule has 0 aliphatic rings. The van der Waals surface area contributed by atoms with Gasteiger partial charge in [-0.1, -0.05) is 26.0 Å². The predicted molar refractivity (Wildman–Crippen MR) is 95.4 cm³/mol. The molecule has 23 heavy (non-hydrogen) atoms. The molecule has 2 heterocycles. The summed E-state index contributed by atoms with van der Waals surface area (Å²) in [7, 11) is 0. The third kappa shape index (κ3) is 3.27. The van der Waals surface area contributed by atoms with Crippen LogP contribution in [0.25, 0.3) is 22.3 Å². The second-order valence-electron chi connectivity index (χ2n) is 6.07. The Labute approximate surface area is 137 Å². The summed E-state index contributed by atoms with van der Waals surface area (Å²) in [4.78, 5) is 7.25. The van der Waals surface area contributed by atoms with Gasteiger partial charge in [0.05, 0.1) is 11.2 Å². The standard InChI is InChI=1S/C19H24N4/c1-5-23(6-2)12-15-7-8-16-13(3)9-18(20-17(16)11-15)19-10-14(4)21-22-19/h7-11H,5-6,12H2,1-4H3,(H,21,22). The molecule has 0 spiro atoms. The highest BCUT2D eigenvalue weighted by Crippen LogP contribution is 2.24. The summed E-state index contributed by atoms with van der Waals surface area (Å²) in [6.07, 6.45) is 0. The summed E-state index contributed by atoms with van der Waals surface area (Å²) in [6.45, 7) is 11.6. The first-order valence-corrected chi connectivity index (χ1v) is 8.25. The third-order valence-corrected chi connectivity index (χ3v) is 4.35. The molecule has 2 aromatic heterocycles. The molecule has 4 nitrogen and oxygen atoms in total. The minimum atomic E-state index is 0.904. The lowest BCUT2D eigenvalue weighted by Crippen LogP contribution is -2.22. The first-order chi connectivity index (χ1) is 11.1. The van der Waals surface area contributed by atoms with E-state index in [9.17, 15) is 0 Å². The van der Waals surface area contributed by atoms with Crippen LogP contribution >= 0.6 is 0 Å². The molecule has 0 aliphatic carbocycles. The molecule has 0 saturated heterocycles. The van der Waals surface area contributed by atoms with Gasteiger partial charge in [0.15, 0.2) is 0 Å². The second-order valence-corrected chi connectivity index (χ2v) is 6.07. The van der Waals surface area contributed by atoms with Crippen LogP contribution in [0.3, 0.4) is 0 Å². The van der Waals surface area contributed by atoms with Crippen LogP contribution < -0.4 is 0 Å². The van der Waals surface area contributed by atoms with Crippen molar-refractivity contribution in [2.75, 3.05) is 13.1 Å². The van der Waals surface area contributed by atoms with E-state index in [1.165, 1.54) is 16.5 Å². The van der Waals surface area contributed by atoms with Gasteiger partial charge in [-0.25, -0.2) is 4.98 Å². The van der Waals surface area contributed by atoms with Gasteiger partial charge in [0.25, 0.3) is 0 Å². The summed E-state index contributed by atoms with van der Waals surface area (Å²) in [5.41, 5.74) is 6.48. The van der Waals surface area contributed by atoms with Crippen molar-refractivity contribution in [3.8, 4) is 11.4 Å². The average Bonchev–Trinajstić information content (AvgIpc) is 2.98. The fourth-order valence-corrected chi connectivity index (χ4v) is 2.93. The van der Waals surface area contributed by atoms with Crippen LogP contribution in [0.1, 0.15) is 30.7 Å².